The van der Waals surface area contributed by atoms with Crippen LogP contribution in [0, 0.1) is 0 Å². The third-order valence-electron chi connectivity index (χ3n) is 2.80. The van der Waals surface area contributed by atoms with Crippen LogP contribution in [0.4, 0.5) is 0 Å². The second kappa shape index (κ2) is 3.39. The van der Waals surface area contributed by atoms with E-state index in [0.717, 1.165) is 21.5 Å². The largest absolute Gasteiger partial charge is 0.507 e. The van der Waals surface area contributed by atoms with Gasteiger partial charge >= 0.3 is 0 Å². The zero-order chi connectivity index (χ0) is 11.1. The van der Waals surface area contributed by atoms with Crippen LogP contribution in [0.25, 0.3) is 21.5 Å². The Morgan fingerprint density at radius 3 is 2.38 bits per heavy atom. The molecule has 1 N–H and O–H groups in total. The standard InChI is InChI=1S/C14H9ClO/c15-10-6-5-9-7-14(16)12-4-2-1-3-11(12)13(9)8-10/h1-8,16H. The number of hydrogen-bond donors (Lipinski definition) is 1. The first kappa shape index (κ1) is 9.49. The summed E-state index contributed by atoms with van der Waals surface area (Å²) in [6.07, 6.45) is 0. The molecule has 0 aliphatic heterocycles. The van der Waals surface area contributed by atoms with Crippen LogP contribution in [0.3, 0.4) is 0 Å². The van der Waals surface area contributed by atoms with Crippen LogP contribution in [-0.2, 0) is 0 Å². The molecule has 3 rings (SSSR count). The smallest absolute Gasteiger partial charge is 0.124 e. The zero-order valence-electron chi connectivity index (χ0n) is 8.44. The Morgan fingerprint density at radius 1 is 0.812 bits per heavy atom. The molecule has 0 bridgehead atoms. The molecule has 2 heteroatoms. The second-order valence-corrected chi connectivity index (χ2v) is 4.24. The van der Waals surface area contributed by atoms with Crippen molar-refractivity contribution in [1.82, 2.24) is 0 Å². The number of rotatable bonds is 0. The van der Waals surface area contributed by atoms with Gasteiger partial charge in [-0.3, -0.25) is 0 Å². The average molecular weight is 229 g/mol. The summed E-state index contributed by atoms with van der Waals surface area (Å²) in [5.41, 5.74) is 0. The fourth-order valence-electron chi connectivity index (χ4n) is 2.05. The predicted molar refractivity (Wildman–Crippen MR) is 68.1 cm³/mol. The molecule has 0 saturated carbocycles. The van der Waals surface area contributed by atoms with Crippen molar-refractivity contribution >= 4 is 33.1 Å². The Kier molecular flexibility index (Phi) is 2.01. The number of hydrogen-bond acceptors (Lipinski definition) is 1. The van der Waals surface area contributed by atoms with E-state index in [2.05, 4.69) is 0 Å². The molecule has 0 heterocycles. The van der Waals surface area contributed by atoms with E-state index in [1.54, 1.807) is 6.07 Å². The third kappa shape index (κ3) is 1.33. The van der Waals surface area contributed by atoms with E-state index in [9.17, 15) is 5.11 Å². The third-order valence-corrected chi connectivity index (χ3v) is 3.04. The molecular weight excluding hydrogens is 220 g/mol. The molecular formula is C14H9ClO. The summed E-state index contributed by atoms with van der Waals surface area (Å²) < 4.78 is 0. The van der Waals surface area contributed by atoms with Gasteiger partial charge in [-0.2, -0.15) is 0 Å². The maximum absolute atomic E-state index is 9.91. The zero-order valence-corrected chi connectivity index (χ0v) is 9.20. The first-order chi connectivity index (χ1) is 7.75. The first-order valence-corrected chi connectivity index (χ1v) is 5.43. The minimum atomic E-state index is 0.311. The molecule has 0 aliphatic carbocycles. The van der Waals surface area contributed by atoms with Gasteiger partial charge in [0.05, 0.1) is 0 Å². The second-order valence-electron chi connectivity index (χ2n) is 3.81. The van der Waals surface area contributed by atoms with Crippen molar-refractivity contribution in [2.75, 3.05) is 0 Å². The molecule has 0 unspecified atom stereocenters. The van der Waals surface area contributed by atoms with E-state index in [1.807, 2.05) is 42.5 Å². The van der Waals surface area contributed by atoms with Crippen molar-refractivity contribution in [2.24, 2.45) is 0 Å². The van der Waals surface area contributed by atoms with Gasteiger partial charge in [-0.05, 0) is 34.4 Å². The lowest BCUT2D eigenvalue weighted by Crippen LogP contribution is -1.78. The van der Waals surface area contributed by atoms with Gasteiger partial charge in [0, 0.05) is 10.4 Å². The van der Waals surface area contributed by atoms with Gasteiger partial charge < -0.3 is 5.11 Å². The molecule has 0 atom stereocenters. The SMILES string of the molecule is Oc1cc2ccc(Cl)cc2c2ccccc12. The lowest BCUT2D eigenvalue weighted by Gasteiger charge is -2.06. The van der Waals surface area contributed by atoms with Crippen molar-refractivity contribution < 1.29 is 5.11 Å². The highest BCUT2D eigenvalue weighted by Crippen LogP contribution is 2.33. The van der Waals surface area contributed by atoms with Crippen molar-refractivity contribution in [1.29, 1.82) is 0 Å². The summed E-state index contributed by atoms with van der Waals surface area (Å²) in [5.74, 6) is 0.311. The van der Waals surface area contributed by atoms with Gasteiger partial charge in [-0.15, -0.1) is 0 Å². The van der Waals surface area contributed by atoms with Gasteiger partial charge in [0.25, 0.3) is 0 Å². The molecule has 78 valence electrons. The molecule has 0 spiro atoms. The van der Waals surface area contributed by atoms with E-state index in [0.29, 0.717) is 10.8 Å². The van der Waals surface area contributed by atoms with Gasteiger partial charge in [0.2, 0.25) is 0 Å². The molecule has 0 aliphatic rings. The Hall–Kier alpha value is -1.73. The number of fused-ring (bicyclic) bond motifs is 3. The number of aromatic hydroxyl groups is 1. The Bertz CT molecular complexity index is 689. The Morgan fingerprint density at radius 2 is 1.56 bits per heavy atom. The van der Waals surface area contributed by atoms with E-state index >= 15 is 0 Å². The normalized spacial score (nSPS) is 11.1. The summed E-state index contributed by atoms with van der Waals surface area (Å²) >= 11 is 6.00. The van der Waals surface area contributed by atoms with Crippen LogP contribution in [0.5, 0.6) is 5.75 Å². The van der Waals surface area contributed by atoms with Crippen LogP contribution >= 0.6 is 11.6 Å². The molecule has 0 aromatic heterocycles. The van der Waals surface area contributed by atoms with Crippen molar-refractivity contribution in [2.45, 2.75) is 0 Å². The van der Waals surface area contributed by atoms with Gasteiger partial charge in [0.1, 0.15) is 5.75 Å². The molecule has 0 saturated heterocycles. The number of benzene rings is 3. The summed E-state index contributed by atoms with van der Waals surface area (Å²) in [4.78, 5) is 0. The molecule has 0 fully saturated rings. The number of phenols is 1. The first-order valence-electron chi connectivity index (χ1n) is 5.06. The van der Waals surface area contributed by atoms with Crippen molar-refractivity contribution in [3.63, 3.8) is 0 Å². The summed E-state index contributed by atoms with van der Waals surface area (Å²) in [6.45, 7) is 0. The highest BCUT2D eigenvalue weighted by atomic mass is 35.5. The lowest BCUT2D eigenvalue weighted by molar-refractivity contribution is 0.482. The van der Waals surface area contributed by atoms with Crippen molar-refractivity contribution in [3.05, 3.63) is 53.6 Å². The maximum Gasteiger partial charge on any atom is 0.124 e. The van der Waals surface area contributed by atoms with Crippen LogP contribution < -0.4 is 0 Å². The molecule has 0 radical (unpaired) electrons. The van der Waals surface area contributed by atoms with Gasteiger partial charge in [-0.25, -0.2) is 0 Å². The topological polar surface area (TPSA) is 20.2 Å². The van der Waals surface area contributed by atoms with Crippen LogP contribution in [0.1, 0.15) is 0 Å². The highest BCUT2D eigenvalue weighted by molar-refractivity contribution is 6.31. The van der Waals surface area contributed by atoms with Crippen LogP contribution in [0.15, 0.2) is 48.5 Å². The van der Waals surface area contributed by atoms with E-state index in [4.69, 9.17) is 11.6 Å². The Balaban J connectivity index is 2.61. The molecule has 3 aromatic carbocycles. The predicted octanol–water partition coefficient (Wildman–Crippen LogP) is 4.35. The minimum Gasteiger partial charge on any atom is -0.507 e. The summed E-state index contributed by atoms with van der Waals surface area (Å²) in [6, 6.07) is 15.2. The fourth-order valence-corrected chi connectivity index (χ4v) is 2.23. The maximum atomic E-state index is 9.91. The lowest BCUT2D eigenvalue weighted by atomic mass is 10.0. The van der Waals surface area contributed by atoms with E-state index in [-0.39, 0.29) is 0 Å². The van der Waals surface area contributed by atoms with Crippen molar-refractivity contribution in [3.8, 4) is 5.75 Å². The van der Waals surface area contributed by atoms with E-state index < -0.39 is 0 Å². The minimum absolute atomic E-state index is 0.311. The summed E-state index contributed by atoms with van der Waals surface area (Å²) in [7, 11) is 0. The van der Waals surface area contributed by atoms with Crippen LogP contribution in [0.2, 0.25) is 5.02 Å². The Labute approximate surface area is 97.9 Å². The van der Waals surface area contributed by atoms with Crippen LogP contribution in [-0.4, -0.2) is 5.11 Å². The number of phenolic OH excluding ortho intramolecular Hbond substituents is 1. The molecule has 3 aromatic rings. The average Bonchev–Trinajstić information content (AvgIpc) is 2.31. The molecule has 1 nitrogen and oxygen atoms in total. The highest BCUT2D eigenvalue weighted by Gasteiger charge is 2.05. The quantitative estimate of drug-likeness (QED) is 0.567. The van der Waals surface area contributed by atoms with Gasteiger partial charge in [-0.1, -0.05) is 41.9 Å². The molecule has 16 heavy (non-hydrogen) atoms. The fraction of sp³-hybridized carbons (Fsp3) is 0. The van der Waals surface area contributed by atoms with Gasteiger partial charge in [0.15, 0.2) is 0 Å². The molecule has 0 amide bonds. The monoisotopic (exact) mass is 228 g/mol. The number of halogens is 1. The summed E-state index contributed by atoms with van der Waals surface area (Å²) in [5, 5.41) is 14.6. The van der Waals surface area contributed by atoms with E-state index in [1.165, 1.54) is 0 Å².